The molecule has 0 aliphatic carbocycles. The molecule has 0 radical (unpaired) electrons. The van der Waals surface area contributed by atoms with Crippen molar-refractivity contribution < 1.29 is 4.79 Å². The Bertz CT molecular complexity index is 764. The van der Waals surface area contributed by atoms with Gasteiger partial charge in [0.25, 0.3) is 0 Å². The first-order valence-electron chi connectivity index (χ1n) is 7.11. The van der Waals surface area contributed by atoms with Crippen LogP contribution < -0.4 is 5.32 Å². The SMILES string of the molecule is CSCCC(=O)Nc1ccccc1-c1nc2ccccc2[nH]1. The van der Waals surface area contributed by atoms with Gasteiger partial charge in [0, 0.05) is 17.7 Å². The van der Waals surface area contributed by atoms with Crippen molar-refractivity contribution >= 4 is 34.4 Å². The minimum atomic E-state index is 0.0258. The number of hydrogen-bond acceptors (Lipinski definition) is 3. The standard InChI is InChI=1S/C17H17N3OS/c1-22-11-10-16(21)18-13-7-3-2-6-12(13)17-19-14-8-4-5-9-15(14)20-17/h2-9H,10-11H2,1H3,(H,18,21)(H,19,20). The largest absolute Gasteiger partial charge is 0.338 e. The molecular formula is C17H17N3OS. The van der Waals surface area contributed by atoms with Crippen LogP contribution in [-0.4, -0.2) is 27.9 Å². The number of fused-ring (bicyclic) bond motifs is 1. The zero-order valence-corrected chi connectivity index (χ0v) is 13.1. The second-order valence-corrected chi connectivity index (χ2v) is 5.92. The summed E-state index contributed by atoms with van der Waals surface area (Å²) in [7, 11) is 0. The molecule has 0 aliphatic rings. The van der Waals surface area contributed by atoms with Gasteiger partial charge in [-0.3, -0.25) is 4.79 Å². The first-order valence-corrected chi connectivity index (χ1v) is 8.50. The van der Waals surface area contributed by atoms with Gasteiger partial charge >= 0.3 is 0 Å². The number of aromatic amines is 1. The predicted octanol–water partition coefficient (Wildman–Crippen LogP) is 3.92. The van der Waals surface area contributed by atoms with Crippen LogP contribution in [0.25, 0.3) is 22.4 Å². The summed E-state index contributed by atoms with van der Waals surface area (Å²) in [6.07, 6.45) is 2.51. The van der Waals surface area contributed by atoms with Crippen molar-refractivity contribution in [2.75, 3.05) is 17.3 Å². The smallest absolute Gasteiger partial charge is 0.225 e. The molecule has 3 rings (SSSR count). The minimum absolute atomic E-state index is 0.0258. The average molecular weight is 311 g/mol. The van der Waals surface area contributed by atoms with Gasteiger partial charge < -0.3 is 10.3 Å². The van der Waals surface area contributed by atoms with Crippen LogP contribution in [0, 0.1) is 0 Å². The van der Waals surface area contributed by atoms with Crippen LogP contribution in [-0.2, 0) is 4.79 Å². The van der Waals surface area contributed by atoms with E-state index in [-0.39, 0.29) is 5.91 Å². The molecule has 0 atom stereocenters. The maximum atomic E-state index is 12.0. The second kappa shape index (κ2) is 6.66. The van der Waals surface area contributed by atoms with Crippen molar-refractivity contribution in [3.8, 4) is 11.4 Å². The summed E-state index contributed by atoms with van der Waals surface area (Å²) in [5.41, 5.74) is 3.59. The van der Waals surface area contributed by atoms with E-state index in [9.17, 15) is 4.79 Å². The summed E-state index contributed by atoms with van der Waals surface area (Å²) in [6.45, 7) is 0. The minimum Gasteiger partial charge on any atom is -0.338 e. The third-order valence-electron chi connectivity index (χ3n) is 3.38. The van der Waals surface area contributed by atoms with E-state index >= 15 is 0 Å². The molecular weight excluding hydrogens is 294 g/mol. The number of nitrogens with one attached hydrogen (secondary N) is 2. The van der Waals surface area contributed by atoms with Gasteiger partial charge in [0.15, 0.2) is 0 Å². The summed E-state index contributed by atoms with van der Waals surface area (Å²) >= 11 is 1.66. The van der Waals surface area contributed by atoms with Crippen LogP contribution in [0.5, 0.6) is 0 Å². The Morgan fingerprint density at radius 1 is 1.18 bits per heavy atom. The number of imidazole rings is 1. The molecule has 0 fully saturated rings. The van der Waals surface area contributed by atoms with Gasteiger partial charge in [0.2, 0.25) is 5.91 Å². The van der Waals surface area contributed by atoms with Crippen LogP contribution in [0.1, 0.15) is 6.42 Å². The molecule has 0 aliphatic heterocycles. The number of carbonyl (C=O) groups excluding carboxylic acids is 1. The van der Waals surface area contributed by atoms with E-state index in [0.717, 1.165) is 33.9 Å². The van der Waals surface area contributed by atoms with E-state index in [2.05, 4.69) is 15.3 Å². The van der Waals surface area contributed by atoms with Gasteiger partial charge in [-0.2, -0.15) is 11.8 Å². The molecule has 0 bridgehead atoms. The van der Waals surface area contributed by atoms with E-state index < -0.39 is 0 Å². The molecule has 1 aromatic heterocycles. The van der Waals surface area contributed by atoms with Gasteiger partial charge in [-0.05, 0) is 30.5 Å². The summed E-state index contributed by atoms with van der Waals surface area (Å²) < 4.78 is 0. The van der Waals surface area contributed by atoms with E-state index in [0.29, 0.717) is 6.42 Å². The fraction of sp³-hybridized carbons (Fsp3) is 0.176. The van der Waals surface area contributed by atoms with Crippen molar-refractivity contribution in [3.05, 3.63) is 48.5 Å². The summed E-state index contributed by atoms with van der Waals surface area (Å²) in [5.74, 6) is 1.61. The fourth-order valence-electron chi connectivity index (χ4n) is 2.29. The second-order valence-electron chi connectivity index (χ2n) is 4.94. The molecule has 112 valence electrons. The van der Waals surface area contributed by atoms with Crippen LogP contribution in [0.4, 0.5) is 5.69 Å². The van der Waals surface area contributed by atoms with Gasteiger partial charge in [0.1, 0.15) is 5.82 Å². The quantitative estimate of drug-likeness (QED) is 0.751. The molecule has 3 aromatic rings. The molecule has 5 heteroatoms. The summed E-state index contributed by atoms with van der Waals surface area (Å²) in [4.78, 5) is 19.9. The number of rotatable bonds is 5. The summed E-state index contributed by atoms with van der Waals surface area (Å²) in [5, 5.41) is 2.98. The number of amides is 1. The van der Waals surface area contributed by atoms with Crippen LogP contribution in [0.3, 0.4) is 0 Å². The van der Waals surface area contributed by atoms with Crippen molar-refractivity contribution in [2.24, 2.45) is 0 Å². The number of H-pyrrole nitrogens is 1. The Balaban J connectivity index is 1.92. The Morgan fingerprint density at radius 3 is 2.77 bits per heavy atom. The van der Waals surface area contributed by atoms with Crippen molar-refractivity contribution in [2.45, 2.75) is 6.42 Å². The highest BCUT2D eigenvalue weighted by Gasteiger charge is 2.11. The van der Waals surface area contributed by atoms with Gasteiger partial charge in [-0.15, -0.1) is 0 Å². The number of hydrogen-bond donors (Lipinski definition) is 2. The Kier molecular flexibility index (Phi) is 4.44. The van der Waals surface area contributed by atoms with Crippen molar-refractivity contribution in [1.29, 1.82) is 0 Å². The first-order chi connectivity index (χ1) is 10.8. The lowest BCUT2D eigenvalue weighted by Crippen LogP contribution is -2.12. The molecule has 0 spiro atoms. The normalized spacial score (nSPS) is 10.8. The van der Waals surface area contributed by atoms with Gasteiger partial charge in [-0.1, -0.05) is 24.3 Å². The molecule has 2 aromatic carbocycles. The van der Waals surface area contributed by atoms with E-state index in [1.54, 1.807) is 11.8 Å². The number of carbonyl (C=O) groups is 1. The molecule has 0 saturated heterocycles. The molecule has 0 saturated carbocycles. The number of benzene rings is 2. The van der Waals surface area contributed by atoms with Crippen LogP contribution >= 0.6 is 11.8 Å². The van der Waals surface area contributed by atoms with Crippen molar-refractivity contribution in [3.63, 3.8) is 0 Å². The molecule has 0 unspecified atom stereocenters. The van der Waals surface area contributed by atoms with Crippen LogP contribution in [0.2, 0.25) is 0 Å². The van der Waals surface area contributed by atoms with Gasteiger partial charge in [0.05, 0.1) is 16.7 Å². The van der Waals surface area contributed by atoms with E-state index in [1.165, 1.54) is 0 Å². The summed E-state index contributed by atoms with van der Waals surface area (Å²) in [6, 6.07) is 15.6. The lowest BCUT2D eigenvalue weighted by Gasteiger charge is -2.09. The lowest BCUT2D eigenvalue weighted by atomic mass is 10.1. The zero-order valence-electron chi connectivity index (χ0n) is 12.3. The highest BCUT2D eigenvalue weighted by Crippen LogP contribution is 2.27. The monoisotopic (exact) mass is 311 g/mol. The molecule has 22 heavy (non-hydrogen) atoms. The maximum Gasteiger partial charge on any atom is 0.225 e. The predicted molar refractivity (Wildman–Crippen MR) is 93.2 cm³/mol. The van der Waals surface area contributed by atoms with E-state index in [1.807, 2.05) is 54.8 Å². The highest BCUT2D eigenvalue weighted by molar-refractivity contribution is 7.98. The third kappa shape index (κ3) is 3.14. The lowest BCUT2D eigenvalue weighted by molar-refractivity contribution is -0.115. The molecule has 1 amide bonds. The Hall–Kier alpha value is -2.27. The van der Waals surface area contributed by atoms with Gasteiger partial charge in [-0.25, -0.2) is 4.98 Å². The average Bonchev–Trinajstić information content (AvgIpc) is 2.97. The number of aromatic nitrogens is 2. The first kappa shape index (κ1) is 14.7. The highest BCUT2D eigenvalue weighted by atomic mass is 32.2. The van der Waals surface area contributed by atoms with Crippen molar-refractivity contribution in [1.82, 2.24) is 9.97 Å². The van der Waals surface area contributed by atoms with E-state index in [4.69, 9.17) is 0 Å². The Morgan fingerprint density at radius 2 is 1.95 bits per heavy atom. The molecule has 2 N–H and O–H groups in total. The third-order valence-corrected chi connectivity index (χ3v) is 3.99. The number of anilines is 1. The Labute approximate surface area is 133 Å². The number of nitrogens with zero attached hydrogens (tertiary/aromatic N) is 1. The zero-order chi connectivity index (χ0) is 15.4. The maximum absolute atomic E-state index is 12.0. The van der Waals surface area contributed by atoms with Crippen LogP contribution in [0.15, 0.2) is 48.5 Å². The molecule has 4 nitrogen and oxygen atoms in total. The number of para-hydroxylation sites is 3. The molecule has 1 heterocycles. The topological polar surface area (TPSA) is 57.8 Å². The number of thioether (sulfide) groups is 1. The fourth-order valence-corrected chi connectivity index (χ4v) is 2.68.